The predicted octanol–water partition coefficient (Wildman–Crippen LogP) is 3.05. The number of alkyl carbamates (subject to hydrolysis) is 1. The highest BCUT2D eigenvalue weighted by Crippen LogP contribution is 2.29. The summed E-state index contributed by atoms with van der Waals surface area (Å²) >= 11 is 2.93. The van der Waals surface area contributed by atoms with E-state index in [-0.39, 0.29) is 23.2 Å². The Hall–Kier alpha value is -2.03. The molecule has 0 aliphatic rings. The SMILES string of the molecule is O=C(NCC(O)C(O)c1c(F)cc(F)cc1Br)OCc1ccccc1. The third-order valence-corrected chi connectivity index (χ3v) is 4.03. The van der Waals surface area contributed by atoms with Crippen LogP contribution in [-0.2, 0) is 11.3 Å². The number of amides is 1. The molecule has 5 nitrogen and oxygen atoms in total. The monoisotopic (exact) mass is 415 g/mol. The van der Waals surface area contributed by atoms with Crippen LogP contribution < -0.4 is 5.32 Å². The molecular weight excluding hydrogens is 400 g/mol. The lowest BCUT2D eigenvalue weighted by Gasteiger charge is -2.20. The van der Waals surface area contributed by atoms with E-state index in [0.29, 0.717) is 6.07 Å². The molecule has 25 heavy (non-hydrogen) atoms. The first kappa shape index (κ1) is 19.3. The van der Waals surface area contributed by atoms with Crippen molar-refractivity contribution < 1.29 is 28.5 Å². The summed E-state index contributed by atoms with van der Waals surface area (Å²) in [6.07, 6.45) is -3.97. The van der Waals surface area contributed by atoms with E-state index < -0.39 is 29.9 Å². The molecule has 2 atom stereocenters. The Balaban J connectivity index is 1.87. The van der Waals surface area contributed by atoms with Gasteiger partial charge in [-0.2, -0.15) is 0 Å². The molecule has 8 heteroatoms. The molecule has 2 aromatic rings. The highest BCUT2D eigenvalue weighted by molar-refractivity contribution is 9.10. The quantitative estimate of drug-likeness (QED) is 0.677. The lowest BCUT2D eigenvalue weighted by Crippen LogP contribution is -2.36. The maximum absolute atomic E-state index is 13.8. The Bertz CT molecular complexity index is 707. The van der Waals surface area contributed by atoms with Crippen LogP contribution >= 0.6 is 15.9 Å². The van der Waals surface area contributed by atoms with Gasteiger partial charge in [-0.15, -0.1) is 0 Å². The number of nitrogens with one attached hydrogen (secondary N) is 1. The normalized spacial score (nSPS) is 13.2. The molecule has 0 fully saturated rings. The van der Waals surface area contributed by atoms with Crippen molar-refractivity contribution in [3.8, 4) is 0 Å². The molecular formula is C17H16BrF2NO4. The summed E-state index contributed by atoms with van der Waals surface area (Å²) in [5, 5.41) is 22.2. The number of carbonyl (C=O) groups excluding carboxylic acids is 1. The van der Waals surface area contributed by atoms with Crippen molar-refractivity contribution in [1.82, 2.24) is 5.32 Å². The first-order chi connectivity index (χ1) is 11.9. The van der Waals surface area contributed by atoms with E-state index in [1.54, 1.807) is 24.3 Å². The maximum Gasteiger partial charge on any atom is 0.407 e. The van der Waals surface area contributed by atoms with Crippen LogP contribution in [0.5, 0.6) is 0 Å². The number of benzene rings is 2. The maximum atomic E-state index is 13.8. The van der Waals surface area contributed by atoms with Gasteiger partial charge in [0.15, 0.2) is 0 Å². The van der Waals surface area contributed by atoms with Gasteiger partial charge in [0.05, 0.1) is 0 Å². The van der Waals surface area contributed by atoms with Gasteiger partial charge in [0.25, 0.3) is 0 Å². The second-order valence-electron chi connectivity index (χ2n) is 5.24. The van der Waals surface area contributed by atoms with Crippen LogP contribution in [0.15, 0.2) is 46.9 Å². The summed E-state index contributed by atoms with van der Waals surface area (Å²) in [6.45, 7) is -0.332. The summed E-state index contributed by atoms with van der Waals surface area (Å²) in [7, 11) is 0. The summed E-state index contributed by atoms with van der Waals surface area (Å²) in [5.41, 5.74) is 0.490. The van der Waals surface area contributed by atoms with E-state index in [9.17, 15) is 23.8 Å². The van der Waals surface area contributed by atoms with Gasteiger partial charge in [0.1, 0.15) is 30.4 Å². The summed E-state index contributed by atoms with van der Waals surface area (Å²) in [4.78, 5) is 11.6. The smallest absolute Gasteiger partial charge is 0.407 e. The van der Waals surface area contributed by atoms with Crippen LogP contribution in [-0.4, -0.2) is 29.0 Å². The van der Waals surface area contributed by atoms with E-state index in [1.807, 2.05) is 6.07 Å². The van der Waals surface area contributed by atoms with Gasteiger partial charge in [-0.05, 0) is 11.6 Å². The Labute approximate surface area is 151 Å². The Morgan fingerprint density at radius 2 is 1.88 bits per heavy atom. The predicted molar refractivity (Wildman–Crippen MR) is 89.7 cm³/mol. The van der Waals surface area contributed by atoms with Gasteiger partial charge in [-0.1, -0.05) is 46.3 Å². The van der Waals surface area contributed by atoms with E-state index in [0.717, 1.165) is 11.6 Å². The zero-order valence-electron chi connectivity index (χ0n) is 13.0. The minimum atomic E-state index is -1.66. The third kappa shape index (κ3) is 5.48. The van der Waals surface area contributed by atoms with Crippen molar-refractivity contribution in [1.29, 1.82) is 0 Å². The number of aliphatic hydroxyl groups excluding tert-OH is 2. The lowest BCUT2D eigenvalue weighted by atomic mass is 10.0. The number of ether oxygens (including phenoxy) is 1. The molecule has 0 bridgehead atoms. The van der Waals surface area contributed by atoms with E-state index in [4.69, 9.17) is 4.74 Å². The first-order valence-corrected chi connectivity index (χ1v) is 8.13. The van der Waals surface area contributed by atoms with Gasteiger partial charge >= 0.3 is 6.09 Å². The van der Waals surface area contributed by atoms with Gasteiger partial charge in [0.2, 0.25) is 0 Å². The van der Waals surface area contributed by atoms with Crippen molar-refractivity contribution in [2.45, 2.75) is 18.8 Å². The topological polar surface area (TPSA) is 78.8 Å². The van der Waals surface area contributed by atoms with Gasteiger partial charge < -0.3 is 20.3 Å². The van der Waals surface area contributed by atoms with Crippen LogP contribution in [0.2, 0.25) is 0 Å². The molecule has 0 aliphatic carbocycles. The number of hydrogen-bond donors (Lipinski definition) is 3. The number of rotatable bonds is 6. The van der Waals surface area contributed by atoms with Crippen LogP contribution in [0, 0.1) is 11.6 Å². The summed E-state index contributed by atoms with van der Waals surface area (Å²) in [6, 6.07) is 10.5. The fourth-order valence-corrected chi connectivity index (χ4v) is 2.74. The van der Waals surface area contributed by atoms with Crippen molar-refractivity contribution in [3.05, 3.63) is 69.7 Å². The van der Waals surface area contributed by atoms with E-state index in [1.165, 1.54) is 0 Å². The molecule has 3 N–H and O–H groups in total. The van der Waals surface area contributed by atoms with Gasteiger partial charge in [0, 0.05) is 22.6 Å². The molecule has 0 saturated heterocycles. The molecule has 134 valence electrons. The number of aliphatic hydroxyl groups is 2. The van der Waals surface area contributed by atoms with Crippen molar-refractivity contribution in [2.75, 3.05) is 6.54 Å². The standard InChI is InChI=1S/C17H16BrF2NO4/c18-12-6-11(19)7-13(20)15(12)16(23)14(22)8-21-17(24)25-9-10-4-2-1-3-5-10/h1-7,14,16,22-23H,8-9H2,(H,21,24). The third-order valence-electron chi connectivity index (χ3n) is 3.37. The van der Waals surface area contributed by atoms with Crippen molar-refractivity contribution in [2.24, 2.45) is 0 Å². The zero-order valence-corrected chi connectivity index (χ0v) is 14.5. The molecule has 0 radical (unpaired) electrons. The molecule has 0 aliphatic heterocycles. The van der Waals surface area contributed by atoms with E-state index >= 15 is 0 Å². The minimum absolute atomic E-state index is 0.0248. The minimum Gasteiger partial charge on any atom is -0.445 e. The highest BCUT2D eigenvalue weighted by atomic mass is 79.9. The summed E-state index contributed by atoms with van der Waals surface area (Å²) in [5.74, 6) is -1.83. The Kier molecular flexibility index (Phi) is 6.86. The zero-order chi connectivity index (χ0) is 18.4. The summed E-state index contributed by atoms with van der Waals surface area (Å²) < 4.78 is 31.8. The molecule has 0 saturated carbocycles. The number of hydrogen-bond acceptors (Lipinski definition) is 4. The Morgan fingerprint density at radius 1 is 1.20 bits per heavy atom. The molecule has 0 spiro atoms. The Morgan fingerprint density at radius 3 is 2.52 bits per heavy atom. The van der Waals surface area contributed by atoms with Gasteiger partial charge in [-0.3, -0.25) is 0 Å². The van der Waals surface area contributed by atoms with Crippen molar-refractivity contribution in [3.63, 3.8) is 0 Å². The average molecular weight is 416 g/mol. The van der Waals surface area contributed by atoms with E-state index in [2.05, 4.69) is 21.2 Å². The molecule has 2 rings (SSSR count). The number of halogens is 3. The average Bonchev–Trinajstić information content (AvgIpc) is 2.57. The molecule has 0 aromatic heterocycles. The van der Waals surface area contributed by atoms with Crippen molar-refractivity contribution >= 4 is 22.0 Å². The fraction of sp³-hybridized carbons (Fsp3) is 0.235. The molecule has 1 amide bonds. The second-order valence-corrected chi connectivity index (χ2v) is 6.09. The fourth-order valence-electron chi connectivity index (χ4n) is 2.10. The molecule has 2 unspecified atom stereocenters. The molecule has 0 heterocycles. The number of carbonyl (C=O) groups is 1. The highest BCUT2D eigenvalue weighted by Gasteiger charge is 2.25. The largest absolute Gasteiger partial charge is 0.445 e. The molecule has 2 aromatic carbocycles. The van der Waals surface area contributed by atoms with Crippen LogP contribution in [0.3, 0.4) is 0 Å². The van der Waals surface area contributed by atoms with Crippen LogP contribution in [0.25, 0.3) is 0 Å². The first-order valence-electron chi connectivity index (χ1n) is 7.33. The lowest BCUT2D eigenvalue weighted by molar-refractivity contribution is 0.0159. The van der Waals surface area contributed by atoms with Gasteiger partial charge in [-0.25, -0.2) is 13.6 Å². The van der Waals surface area contributed by atoms with Crippen LogP contribution in [0.1, 0.15) is 17.2 Å². The van der Waals surface area contributed by atoms with Crippen LogP contribution in [0.4, 0.5) is 13.6 Å². The second kappa shape index (κ2) is 8.89.